The highest BCUT2D eigenvalue weighted by molar-refractivity contribution is 7.16. The molecular formula is C13H21ClN2S. The molecule has 2 rings (SSSR count). The molecule has 1 aliphatic rings. The Morgan fingerprint density at radius 1 is 1.35 bits per heavy atom. The van der Waals surface area contributed by atoms with E-state index in [4.69, 9.17) is 11.6 Å². The molecule has 0 saturated carbocycles. The molecule has 1 N–H and O–H groups in total. The summed E-state index contributed by atoms with van der Waals surface area (Å²) in [5, 5.41) is 3.46. The Hall–Kier alpha value is -0.0900. The smallest absolute Gasteiger partial charge is 0.0931 e. The molecular weight excluding hydrogens is 252 g/mol. The largest absolute Gasteiger partial charge is 0.311 e. The van der Waals surface area contributed by atoms with E-state index in [0.29, 0.717) is 6.04 Å². The van der Waals surface area contributed by atoms with Gasteiger partial charge in [0, 0.05) is 10.4 Å². The fraction of sp³-hybridized carbons (Fsp3) is 0.692. The molecule has 1 saturated heterocycles. The summed E-state index contributed by atoms with van der Waals surface area (Å²) in [5.41, 5.74) is 0.138. The van der Waals surface area contributed by atoms with Crippen LogP contribution >= 0.6 is 22.9 Å². The highest BCUT2D eigenvalue weighted by atomic mass is 35.5. The first-order valence-electron chi connectivity index (χ1n) is 6.23. The van der Waals surface area contributed by atoms with E-state index >= 15 is 0 Å². The summed E-state index contributed by atoms with van der Waals surface area (Å²) < 4.78 is 0.873. The maximum absolute atomic E-state index is 6.05. The van der Waals surface area contributed by atoms with E-state index in [0.717, 1.165) is 4.34 Å². The second-order valence-electron chi connectivity index (χ2n) is 5.21. The lowest BCUT2D eigenvalue weighted by molar-refractivity contribution is 0.112. The Morgan fingerprint density at radius 3 is 2.47 bits per heavy atom. The standard InChI is InChI=1S/C13H21ClN2S/c1-13(2,16-8-4-5-9-16)12(15-3)10-6-7-11(14)17-10/h6-7,12,15H,4-5,8-9H2,1-3H3. The van der Waals surface area contributed by atoms with E-state index in [-0.39, 0.29) is 5.54 Å². The number of nitrogens with zero attached hydrogens (tertiary/aromatic N) is 1. The summed E-state index contributed by atoms with van der Waals surface area (Å²) >= 11 is 7.73. The first kappa shape index (κ1) is 13.3. The topological polar surface area (TPSA) is 15.3 Å². The Bertz CT molecular complexity index is 369. The molecule has 17 heavy (non-hydrogen) atoms. The SMILES string of the molecule is CNC(c1ccc(Cl)s1)C(C)(C)N1CCCC1. The molecule has 96 valence electrons. The molecule has 0 spiro atoms. The van der Waals surface area contributed by atoms with E-state index in [2.05, 4.69) is 30.1 Å². The molecule has 1 aromatic heterocycles. The highest BCUT2D eigenvalue weighted by Gasteiger charge is 2.37. The number of thiophene rings is 1. The average Bonchev–Trinajstić information content (AvgIpc) is 2.89. The number of likely N-dealkylation sites (N-methyl/N-ethyl adjacent to an activating group) is 1. The number of likely N-dealkylation sites (tertiary alicyclic amines) is 1. The maximum Gasteiger partial charge on any atom is 0.0931 e. The van der Waals surface area contributed by atoms with Gasteiger partial charge in [0.05, 0.1) is 10.4 Å². The van der Waals surface area contributed by atoms with Gasteiger partial charge in [0.25, 0.3) is 0 Å². The fourth-order valence-electron chi connectivity index (χ4n) is 2.80. The van der Waals surface area contributed by atoms with Crippen LogP contribution in [0.2, 0.25) is 4.34 Å². The van der Waals surface area contributed by atoms with Crippen LogP contribution in [0.15, 0.2) is 12.1 Å². The fourth-order valence-corrected chi connectivity index (χ4v) is 4.15. The third kappa shape index (κ3) is 2.68. The van der Waals surface area contributed by atoms with Crippen molar-refractivity contribution in [3.63, 3.8) is 0 Å². The van der Waals surface area contributed by atoms with Crippen molar-refractivity contribution in [3.05, 3.63) is 21.3 Å². The van der Waals surface area contributed by atoms with Crippen LogP contribution in [-0.2, 0) is 0 Å². The van der Waals surface area contributed by atoms with Crippen LogP contribution in [0.25, 0.3) is 0 Å². The van der Waals surface area contributed by atoms with Crippen LogP contribution in [0, 0.1) is 0 Å². The Labute approximate surface area is 113 Å². The van der Waals surface area contributed by atoms with Gasteiger partial charge in [0.1, 0.15) is 0 Å². The maximum atomic E-state index is 6.05. The summed E-state index contributed by atoms with van der Waals surface area (Å²) in [6.07, 6.45) is 2.65. The van der Waals surface area contributed by atoms with Gasteiger partial charge in [-0.1, -0.05) is 11.6 Å². The first-order chi connectivity index (χ1) is 8.05. The average molecular weight is 273 g/mol. The number of hydrogen-bond acceptors (Lipinski definition) is 3. The van der Waals surface area contributed by atoms with Gasteiger partial charge in [-0.2, -0.15) is 0 Å². The van der Waals surface area contributed by atoms with Gasteiger partial charge in [0.2, 0.25) is 0 Å². The van der Waals surface area contributed by atoms with Crippen molar-refractivity contribution in [2.45, 2.75) is 38.3 Å². The molecule has 0 aromatic carbocycles. The molecule has 1 unspecified atom stereocenters. The number of halogens is 1. The summed E-state index contributed by atoms with van der Waals surface area (Å²) in [7, 11) is 2.04. The summed E-state index contributed by atoms with van der Waals surface area (Å²) in [4.78, 5) is 3.91. The van der Waals surface area contributed by atoms with Crippen molar-refractivity contribution in [1.82, 2.24) is 10.2 Å². The van der Waals surface area contributed by atoms with E-state index in [1.165, 1.54) is 30.8 Å². The quantitative estimate of drug-likeness (QED) is 0.902. The molecule has 4 heteroatoms. The molecule has 0 radical (unpaired) electrons. The third-order valence-electron chi connectivity index (χ3n) is 3.79. The number of nitrogens with one attached hydrogen (secondary N) is 1. The van der Waals surface area contributed by atoms with E-state index in [1.54, 1.807) is 11.3 Å². The van der Waals surface area contributed by atoms with Gasteiger partial charge in [-0.3, -0.25) is 4.90 Å². The predicted molar refractivity (Wildman–Crippen MR) is 76.0 cm³/mol. The lowest BCUT2D eigenvalue weighted by Crippen LogP contribution is -2.50. The second kappa shape index (κ2) is 5.27. The van der Waals surface area contributed by atoms with Crippen molar-refractivity contribution < 1.29 is 0 Å². The molecule has 1 fully saturated rings. The van der Waals surface area contributed by atoms with E-state index in [1.807, 2.05) is 13.1 Å². The number of rotatable bonds is 4. The molecule has 1 aliphatic heterocycles. The minimum Gasteiger partial charge on any atom is -0.311 e. The minimum atomic E-state index is 0.138. The summed E-state index contributed by atoms with van der Waals surface area (Å²) in [6, 6.07) is 4.48. The zero-order valence-electron chi connectivity index (χ0n) is 10.8. The molecule has 2 heterocycles. The van der Waals surface area contributed by atoms with E-state index in [9.17, 15) is 0 Å². The van der Waals surface area contributed by atoms with Crippen molar-refractivity contribution in [2.24, 2.45) is 0 Å². The lowest BCUT2D eigenvalue weighted by atomic mass is 9.91. The lowest BCUT2D eigenvalue weighted by Gasteiger charge is -2.41. The third-order valence-corrected chi connectivity index (χ3v) is 5.09. The normalized spacial score (nSPS) is 19.8. The molecule has 0 bridgehead atoms. The van der Waals surface area contributed by atoms with Gasteiger partial charge < -0.3 is 5.32 Å². The monoisotopic (exact) mass is 272 g/mol. The van der Waals surface area contributed by atoms with Crippen molar-refractivity contribution in [1.29, 1.82) is 0 Å². The zero-order valence-corrected chi connectivity index (χ0v) is 12.4. The van der Waals surface area contributed by atoms with Gasteiger partial charge in [-0.15, -0.1) is 11.3 Å². The summed E-state index contributed by atoms with van der Waals surface area (Å²) in [6.45, 7) is 7.08. The second-order valence-corrected chi connectivity index (χ2v) is 6.96. The van der Waals surface area contributed by atoms with Gasteiger partial charge in [-0.05, 0) is 59.0 Å². The number of hydrogen-bond donors (Lipinski definition) is 1. The van der Waals surface area contributed by atoms with Crippen molar-refractivity contribution in [3.8, 4) is 0 Å². The minimum absolute atomic E-state index is 0.138. The zero-order chi connectivity index (χ0) is 12.5. The van der Waals surface area contributed by atoms with Gasteiger partial charge in [0.15, 0.2) is 0 Å². The van der Waals surface area contributed by atoms with Crippen LogP contribution in [-0.4, -0.2) is 30.6 Å². The van der Waals surface area contributed by atoms with Gasteiger partial charge >= 0.3 is 0 Å². The first-order valence-corrected chi connectivity index (χ1v) is 7.42. The Morgan fingerprint density at radius 2 is 2.00 bits per heavy atom. The van der Waals surface area contributed by atoms with Crippen LogP contribution in [0.3, 0.4) is 0 Å². The molecule has 1 atom stereocenters. The summed E-state index contributed by atoms with van der Waals surface area (Å²) in [5.74, 6) is 0. The molecule has 0 aliphatic carbocycles. The van der Waals surface area contributed by atoms with Gasteiger partial charge in [-0.25, -0.2) is 0 Å². The van der Waals surface area contributed by atoms with Crippen LogP contribution in [0.4, 0.5) is 0 Å². The molecule has 1 aromatic rings. The van der Waals surface area contributed by atoms with Crippen LogP contribution in [0.5, 0.6) is 0 Å². The predicted octanol–water partition coefficient (Wildman–Crippen LogP) is 3.54. The highest BCUT2D eigenvalue weighted by Crippen LogP contribution is 2.37. The van der Waals surface area contributed by atoms with Crippen molar-refractivity contribution in [2.75, 3.05) is 20.1 Å². The van der Waals surface area contributed by atoms with E-state index < -0.39 is 0 Å². The van der Waals surface area contributed by atoms with Crippen molar-refractivity contribution >= 4 is 22.9 Å². The van der Waals surface area contributed by atoms with Crippen LogP contribution in [0.1, 0.15) is 37.6 Å². The Kier molecular flexibility index (Phi) is 4.14. The molecule has 2 nitrogen and oxygen atoms in total. The Balaban J connectivity index is 2.21. The molecule has 0 amide bonds. The van der Waals surface area contributed by atoms with Crippen LogP contribution < -0.4 is 5.32 Å².